The Hall–Kier alpha value is -2.24. The molecule has 0 saturated heterocycles. The van der Waals surface area contributed by atoms with Crippen LogP contribution in [-0.2, 0) is 0 Å². The van der Waals surface area contributed by atoms with Gasteiger partial charge in [0.05, 0.1) is 0 Å². The van der Waals surface area contributed by atoms with Crippen LogP contribution in [0.4, 0.5) is 15.3 Å². The van der Waals surface area contributed by atoms with Gasteiger partial charge in [0.25, 0.3) is 0 Å². The third kappa shape index (κ3) is 6.03. The van der Waals surface area contributed by atoms with E-state index in [0.29, 0.717) is 18.0 Å². The summed E-state index contributed by atoms with van der Waals surface area (Å²) in [6, 6.07) is 6.55. The number of unbranched alkanes of at least 4 members (excludes halogenated alkanes) is 3. The van der Waals surface area contributed by atoms with Crippen molar-refractivity contribution in [1.29, 1.82) is 0 Å². The Morgan fingerprint density at radius 2 is 1.82 bits per heavy atom. The van der Waals surface area contributed by atoms with Gasteiger partial charge in [-0.3, -0.25) is 4.90 Å². The van der Waals surface area contributed by atoms with Crippen molar-refractivity contribution in [1.82, 2.24) is 10.6 Å². The average molecular weight is 307 g/mol. The molecule has 0 aliphatic heterocycles. The highest BCUT2D eigenvalue weighted by molar-refractivity contribution is 5.91. The first-order valence-electron chi connectivity index (χ1n) is 7.59. The van der Waals surface area contributed by atoms with E-state index in [2.05, 4.69) is 17.6 Å². The molecule has 0 fully saturated rings. The van der Waals surface area contributed by atoms with E-state index < -0.39 is 6.09 Å². The molecule has 0 aromatic heterocycles. The van der Waals surface area contributed by atoms with E-state index in [1.165, 1.54) is 17.7 Å². The number of urea groups is 1. The summed E-state index contributed by atoms with van der Waals surface area (Å²) in [5.41, 5.74) is 0.715. The molecule has 1 rings (SSSR count). The van der Waals surface area contributed by atoms with Crippen LogP contribution in [-0.4, -0.2) is 32.8 Å². The molecule has 0 saturated carbocycles. The van der Waals surface area contributed by atoms with Crippen molar-refractivity contribution in [2.45, 2.75) is 32.6 Å². The molecule has 3 amide bonds. The summed E-state index contributed by atoms with van der Waals surface area (Å²) in [6.45, 7) is 2.77. The third-order valence-electron chi connectivity index (χ3n) is 3.25. The number of carbonyl (C=O) groups is 2. The SMILES string of the molecule is CCCCCCNC(=O)Oc1ccc(N(C)C(=O)NC)cc1. The zero-order valence-electron chi connectivity index (χ0n) is 13.5. The van der Waals surface area contributed by atoms with Crippen molar-refractivity contribution in [2.75, 3.05) is 25.5 Å². The topological polar surface area (TPSA) is 70.7 Å². The number of amides is 3. The van der Waals surface area contributed by atoms with E-state index in [-0.39, 0.29) is 6.03 Å². The number of ether oxygens (including phenoxy) is 1. The number of nitrogens with zero attached hydrogens (tertiary/aromatic N) is 1. The van der Waals surface area contributed by atoms with E-state index in [4.69, 9.17) is 4.74 Å². The molecule has 122 valence electrons. The molecule has 0 aliphatic rings. The Balaban J connectivity index is 2.40. The molecule has 0 heterocycles. The highest BCUT2D eigenvalue weighted by atomic mass is 16.6. The quantitative estimate of drug-likeness (QED) is 0.760. The second kappa shape index (κ2) is 9.65. The largest absolute Gasteiger partial charge is 0.412 e. The van der Waals surface area contributed by atoms with Crippen molar-refractivity contribution in [2.24, 2.45) is 0 Å². The summed E-state index contributed by atoms with van der Waals surface area (Å²) < 4.78 is 5.17. The number of hydrogen-bond acceptors (Lipinski definition) is 3. The molecule has 22 heavy (non-hydrogen) atoms. The second-order valence-electron chi connectivity index (χ2n) is 4.99. The van der Waals surface area contributed by atoms with E-state index in [9.17, 15) is 9.59 Å². The highest BCUT2D eigenvalue weighted by Gasteiger charge is 2.09. The number of hydrogen-bond donors (Lipinski definition) is 2. The van der Waals surface area contributed by atoms with Crippen molar-refractivity contribution in [3.05, 3.63) is 24.3 Å². The van der Waals surface area contributed by atoms with Gasteiger partial charge in [-0.2, -0.15) is 0 Å². The molecule has 0 atom stereocenters. The molecule has 0 spiro atoms. The summed E-state index contributed by atoms with van der Waals surface area (Å²) in [5, 5.41) is 5.26. The van der Waals surface area contributed by atoms with E-state index >= 15 is 0 Å². The third-order valence-corrected chi connectivity index (χ3v) is 3.25. The molecule has 1 aromatic carbocycles. The zero-order chi connectivity index (χ0) is 16.4. The van der Waals surface area contributed by atoms with Crippen LogP contribution >= 0.6 is 0 Å². The Morgan fingerprint density at radius 1 is 1.14 bits per heavy atom. The van der Waals surface area contributed by atoms with Crippen molar-refractivity contribution in [3.63, 3.8) is 0 Å². The minimum Gasteiger partial charge on any atom is -0.410 e. The maximum Gasteiger partial charge on any atom is 0.412 e. The first-order valence-corrected chi connectivity index (χ1v) is 7.59. The van der Waals surface area contributed by atoms with E-state index in [1.807, 2.05) is 0 Å². The van der Waals surface area contributed by atoms with Crippen molar-refractivity contribution < 1.29 is 14.3 Å². The highest BCUT2D eigenvalue weighted by Crippen LogP contribution is 2.18. The molecular formula is C16H25N3O3. The number of benzene rings is 1. The van der Waals surface area contributed by atoms with Crippen LogP contribution in [0.25, 0.3) is 0 Å². The van der Waals surface area contributed by atoms with Crippen LogP contribution in [0.15, 0.2) is 24.3 Å². The number of nitrogens with one attached hydrogen (secondary N) is 2. The molecule has 0 radical (unpaired) electrons. The predicted molar refractivity (Wildman–Crippen MR) is 87.5 cm³/mol. The van der Waals surface area contributed by atoms with Gasteiger partial charge in [0.2, 0.25) is 0 Å². The number of rotatable bonds is 7. The second-order valence-corrected chi connectivity index (χ2v) is 4.99. The monoisotopic (exact) mass is 307 g/mol. The predicted octanol–water partition coefficient (Wildman–Crippen LogP) is 3.13. The summed E-state index contributed by atoms with van der Waals surface area (Å²) in [7, 11) is 3.23. The van der Waals surface area contributed by atoms with Crippen LogP contribution in [0, 0.1) is 0 Å². The molecule has 2 N–H and O–H groups in total. The molecule has 6 heteroatoms. The minimum absolute atomic E-state index is 0.210. The fourth-order valence-corrected chi connectivity index (χ4v) is 1.91. The Labute approximate surface area is 131 Å². The standard InChI is InChI=1S/C16H25N3O3/c1-4-5-6-7-12-18-16(21)22-14-10-8-13(9-11-14)19(3)15(20)17-2/h8-11H,4-7,12H2,1-3H3,(H,17,20)(H,18,21). The lowest BCUT2D eigenvalue weighted by Gasteiger charge is -2.16. The van der Waals surface area contributed by atoms with Gasteiger partial charge in [0.1, 0.15) is 5.75 Å². The fraction of sp³-hybridized carbons (Fsp3) is 0.500. The van der Waals surface area contributed by atoms with Gasteiger partial charge in [-0.1, -0.05) is 26.2 Å². The first-order chi connectivity index (χ1) is 10.6. The van der Waals surface area contributed by atoms with Gasteiger partial charge in [0.15, 0.2) is 0 Å². The minimum atomic E-state index is -0.455. The fourth-order valence-electron chi connectivity index (χ4n) is 1.91. The molecule has 1 aromatic rings. The van der Waals surface area contributed by atoms with Crippen molar-refractivity contribution in [3.8, 4) is 5.75 Å². The summed E-state index contributed by atoms with van der Waals surface area (Å²) in [4.78, 5) is 24.6. The van der Waals surface area contributed by atoms with Gasteiger partial charge >= 0.3 is 12.1 Å². The normalized spacial score (nSPS) is 9.95. The van der Waals surface area contributed by atoms with E-state index in [1.54, 1.807) is 38.4 Å². The maximum absolute atomic E-state index is 11.6. The van der Waals surface area contributed by atoms with Gasteiger partial charge in [-0.15, -0.1) is 0 Å². The van der Waals surface area contributed by atoms with Crippen LogP contribution in [0.5, 0.6) is 5.75 Å². The summed E-state index contributed by atoms with van der Waals surface area (Å²) >= 11 is 0. The van der Waals surface area contributed by atoms with Crippen molar-refractivity contribution >= 4 is 17.8 Å². The lowest BCUT2D eigenvalue weighted by molar-refractivity contribution is 0.200. The van der Waals surface area contributed by atoms with Gasteiger partial charge in [-0.05, 0) is 30.7 Å². The molecule has 0 aliphatic carbocycles. The number of carbonyl (C=O) groups excluding carboxylic acids is 2. The molecule has 6 nitrogen and oxygen atoms in total. The number of anilines is 1. The summed E-state index contributed by atoms with van der Waals surface area (Å²) in [5.74, 6) is 0.445. The summed E-state index contributed by atoms with van der Waals surface area (Å²) in [6.07, 6.45) is 3.96. The van der Waals surface area contributed by atoms with Crippen LogP contribution in [0.2, 0.25) is 0 Å². The van der Waals surface area contributed by atoms with Crippen LogP contribution in [0.1, 0.15) is 32.6 Å². The zero-order valence-corrected chi connectivity index (χ0v) is 13.5. The van der Waals surface area contributed by atoms with Gasteiger partial charge in [0, 0.05) is 26.3 Å². The molecular weight excluding hydrogens is 282 g/mol. The Morgan fingerprint density at radius 3 is 2.41 bits per heavy atom. The van der Waals surface area contributed by atoms with Gasteiger partial charge in [-0.25, -0.2) is 9.59 Å². The lowest BCUT2D eigenvalue weighted by atomic mass is 10.2. The Bertz CT molecular complexity index is 474. The maximum atomic E-state index is 11.6. The molecule has 0 bridgehead atoms. The van der Waals surface area contributed by atoms with Gasteiger partial charge < -0.3 is 15.4 Å². The van der Waals surface area contributed by atoms with E-state index in [0.717, 1.165) is 12.8 Å². The lowest BCUT2D eigenvalue weighted by Crippen LogP contribution is -2.34. The smallest absolute Gasteiger partial charge is 0.410 e. The average Bonchev–Trinajstić information content (AvgIpc) is 2.54. The van der Waals surface area contributed by atoms with Crippen LogP contribution in [0.3, 0.4) is 0 Å². The molecule has 0 unspecified atom stereocenters. The first kappa shape index (κ1) is 17.8. The van der Waals surface area contributed by atoms with Crippen LogP contribution < -0.4 is 20.3 Å². The Kier molecular flexibility index (Phi) is 7.81.